The Kier molecular flexibility index (Phi) is 5.79. The highest BCUT2D eigenvalue weighted by Gasteiger charge is 2.21. The molecule has 0 spiro atoms. The molecular weight excluding hydrogens is 466 g/mol. The molecule has 0 aliphatic heterocycles. The Morgan fingerprint density at radius 2 is 1.63 bits per heavy atom. The van der Waals surface area contributed by atoms with Crippen LogP contribution in [0.3, 0.4) is 0 Å². The molecule has 0 aliphatic rings. The molecule has 4 aromatic rings. The summed E-state index contributed by atoms with van der Waals surface area (Å²) < 4.78 is 42.5. The third kappa shape index (κ3) is 4.20. The molecule has 0 radical (unpaired) electrons. The number of halogens is 3. The molecule has 0 atom stereocenters. The Hall–Kier alpha value is -2.45. The number of anilines is 1. The maximum absolute atomic E-state index is 14.1. The molecule has 0 unspecified atom stereocenters. The summed E-state index contributed by atoms with van der Waals surface area (Å²) in [6.07, 6.45) is 0. The number of sulfonamides is 1. The van der Waals surface area contributed by atoms with Crippen LogP contribution >= 0.6 is 34.5 Å². The van der Waals surface area contributed by atoms with Crippen LogP contribution in [-0.4, -0.2) is 13.4 Å². The first-order valence-corrected chi connectivity index (χ1v) is 11.7. The summed E-state index contributed by atoms with van der Waals surface area (Å²) in [6, 6.07) is 17.4. The van der Waals surface area contributed by atoms with Gasteiger partial charge in [-0.3, -0.25) is 4.72 Å². The Labute approximate surface area is 187 Å². The summed E-state index contributed by atoms with van der Waals surface area (Å²) in [4.78, 5) is 4.38. The van der Waals surface area contributed by atoms with Crippen molar-refractivity contribution in [2.45, 2.75) is 4.90 Å². The van der Waals surface area contributed by atoms with Crippen molar-refractivity contribution in [1.82, 2.24) is 4.98 Å². The molecule has 0 fully saturated rings. The highest BCUT2D eigenvalue weighted by atomic mass is 35.5. The van der Waals surface area contributed by atoms with Crippen LogP contribution in [-0.2, 0) is 10.0 Å². The fraction of sp³-hybridized carbons (Fsp3) is 0. The highest BCUT2D eigenvalue weighted by Crippen LogP contribution is 2.35. The molecule has 0 saturated carbocycles. The van der Waals surface area contributed by atoms with Crippen LogP contribution in [0.25, 0.3) is 21.8 Å². The van der Waals surface area contributed by atoms with Gasteiger partial charge in [-0.1, -0.05) is 53.5 Å². The summed E-state index contributed by atoms with van der Waals surface area (Å²) in [7, 11) is -4.00. The van der Waals surface area contributed by atoms with Crippen molar-refractivity contribution in [3.63, 3.8) is 0 Å². The van der Waals surface area contributed by atoms with Crippen LogP contribution in [0.2, 0.25) is 10.0 Å². The average molecular weight is 479 g/mol. The third-order valence-corrected chi connectivity index (χ3v) is 7.20. The fourth-order valence-electron chi connectivity index (χ4n) is 2.83. The lowest BCUT2D eigenvalue weighted by atomic mass is 10.1. The molecule has 4 nitrogen and oxygen atoms in total. The number of aromatic nitrogens is 1. The second kappa shape index (κ2) is 8.35. The monoisotopic (exact) mass is 478 g/mol. The minimum atomic E-state index is -4.00. The Bertz CT molecular complexity index is 1340. The molecule has 0 aliphatic carbocycles. The van der Waals surface area contributed by atoms with Crippen LogP contribution in [0.15, 0.2) is 77.0 Å². The summed E-state index contributed by atoms with van der Waals surface area (Å²) in [6.45, 7) is 0. The van der Waals surface area contributed by atoms with Gasteiger partial charge in [0, 0.05) is 21.5 Å². The van der Waals surface area contributed by atoms with Gasteiger partial charge in [-0.2, -0.15) is 0 Å². The van der Waals surface area contributed by atoms with E-state index in [0.717, 1.165) is 0 Å². The van der Waals surface area contributed by atoms with Crippen LogP contribution in [0.1, 0.15) is 0 Å². The standard InChI is InChI=1S/C21H13Cl2FN2O2S2/c22-13-9-10-16(23)20(11-13)30(27,28)26-18-8-4-2-6-15(18)19-12-29-21(25-19)14-5-1-3-7-17(14)24/h1-12,26H. The van der Waals surface area contributed by atoms with Crippen molar-refractivity contribution in [2.75, 3.05) is 4.72 Å². The van der Waals surface area contributed by atoms with E-state index in [2.05, 4.69) is 9.71 Å². The normalized spacial score (nSPS) is 11.4. The lowest BCUT2D eigenvalue weighted by molar-refractivity contribution is 0.601. The van der Waals surface area contributed by atoms with E-state index in [-0.39, 0.29) is 20.8 Å². The van der Waals surface area contributed by atoms with Crippen molar-refractivity contribution < 1.29 is 12.8 Å². The number of nitrogens with one attached hydrogen (secondary N) is 1. The summed E-state index contributed by atoms with van der Waals surface area (Å²) >= 11 is 13.3. The second-order valence-corrected chi connectivity index (χ2v) is 9.60. The maximum atomic E-state index is 14.1. The molecule has 3 aromatic carbocycles. The molecule has 4 rings (SSSR count). The van der Waals surface area contributed by atoms with E-state index in [4.69, 9.17) is 23.2 Å². The number of thiazole rings is 1. The van der Waals surface area contributed by atoms with Gasteiger partial charge in [0.25, 0.3) is 10.0 Å². The molecule has 0 amide bonds. The van der Waals surface area contributed by atoms with Crippen LogP contribution < -0.4 is 4.72 Å². The van der Waals surface area contributed by atoms with Gasteiger partial charge in [0.2, 0.25) is 0 Å². The molecule has 30 heavy (non-hydrogen) atoms. The van der Waals surface area contributed by atoms with Gasteiger partial charge in [0.1, 0.15) is 15.7 Å². The van der Waals surface area contributed by atoms with Gasteiger partial charge >= 0.3 is 0 Å². The number of hydrogen-bond donors (Lipinski definition) is 1. The summed E-state index contributed by atoms with van der Waals surface area (Å²) in [5, 5.41) is 2.56. The van der Waals surface area contributed by atoms with Gasteiger partial charge in [0.15, 0.2) is 0 Å². The van der Waals surface area contributed by atoms with E-state index in [0.29, 0.717) is 27.5 Å². The zero-order chi connectivity index (χ0) is 21.3. The van der Waals surface area contributed by atoms with Crippen molar-refractivity contribution in [2.24, 2.45) is 0 Å². The molecule has 1 heterocycles. The predicted molar refractivity (Wildman–Crippen MR) is 120 cm³/mol. The molecule has 0 bridgehead atoms. The Morgan fingerprint density at radius 3 is 2.40 bits per heavy atom. The molecule has 1 N–H and O–H groups in total. The van der Waals surface area contributed by atoms with Gasteiger partial charge in [-0.25, -0.2) is 17.8 Å². The molecule has 0 saturated heterocycles. The first-order valence-electron chi connectivity index (χ1n) is 8.63. The van der Waals surface area contributed by atoms with Crippen molar-refractivity contribution >= 4 is 50.2 Å². The quantitative estimate of drug-likeness (QED) is 0.346. The molecule has 1 aromatic heterocycles. The van der Waals surface area contributed by atoms with Gasteiger partial charge in [0.05, 0.1) is 16.4 Å². The average Bonchev–Trinajstić information content (AvgIpc) is 3.20. The highest BCUT2D eigenvalue weighted by molar-refractivity contribution is 7.92. The fourth-order valence-corrected chi connectivity index (χ4v) is 5.52. The number of para-hydroxylation sites is 1. The minimum Gasteiger partial charge on any atom is -0.279 e. The van der Waals surface area contributed by atoms with Crippen molar-refractivity contribution in [1.29, 1.82) is 0 Å². The van der Waals surface area contributed by atoms with Crippen molar-refractivity contribution in [3.8, 4) is 21.8 Å². The SMILES string of the molecule is O=S(=O)(Nc1ccccc1-c1csc(-c2ccccc2F)n1)c1cc(Cl)ccc1Cl. The smallest absolute Gasteiger partial charge is 0.263 e. The second-order valence-electron chi connectivity index (χ2n) is 6.24. The minimum absolute atomic E-state index is 0.0554. The van der Waals surface area contributed by atoms with Crippen LogP contribution in [0, 0.1) is 5.82 Å². The molecule has 9 heteroatoms. The van der Waals surface area contributed by atoms with Crippen molar-refractivity contribution in [3.05, 3.63) is 88.0 Å². The Balaban J connectivity index is 1.72. The summed E-state index contributed by atoms with van der Waals surface area (Å²) in [5.74, 6) is -0.372. The first kappa shape index (κ1) is 20.8. The summed E-state index contributed by atoms with van der Waals surface area (Å²) in [5.41, 5.74) is 1.78. The van der Waals surface area contributed by atoms with Gasteiger partial charge < -0.3 is 0 Å². The Morgan fingerprint density at radius 1 is 0.933 bits per heavy atom. The van der Waals surface area contributed by atoms with E-state index in [1.54, 1.807) is 47.8 Å². The number of rotatable bonds is 5. The zero-order valence-electron chi connectivity index (χ0n) is 15.1. The zero-order valence-corrected chi connectivity index (χ0v) is 18.3. The van der Waals surface area contributed by atoms with E-state index in [1.807, 2.05) is 0 Å². The number of hydrogen-bond acceptors (Lipinski definition) is 4. The van der Waals surface area contributed by atoms with Crippen LogP contribution in [0.5, 0.6) is 0 Å². The third-order valence-electron chi connectivity index (χ3n) is 4.24. The van der Waals surface area contributed by atoms with Gasteiger partial charge in [-0.05, 0) is 36.4 Å². The predicted octanol–water partition coefficient (Wildman–Crippen LogP) is 6.72. The van der Waals surface area contributed by atoms with E-state index in [1.165, 1.54) is 35.6 Å². The van der Waals surface area contributed by atoms with Gasteiger partial charge in [-0.15, -0.1) is 11.3 Å². The molecule has 152 valence electrons. The van der Waals surface area contributed by atoms with Crippen LogP contribution in [0.4, 0.5) is 10.1 Å². The molecular formula is C21H13Cl2FN2O2S2. The number of nitrogens with zero attached hydrogens (tertiary/aromatic N) is 1. The van der Waals surface area contributed by atoms with E-state index < -0.39 is 10.0 Å². The maximum Gasteiger partial charge on any atom is 0.263 e. The largest absolute Gasteiger partial charge is 0.279 e. The van der Waals surface area contributed by atoms with E-state index >= 15 is 0 Å². The lowest BCUT2D eigenvalue weighted by Crippen LogP contribution is -2.14. The topological polar surface area (TPSA) is 59.1 Å². The lowest BCUT2D eigenvalue weighted by Gasteiger charge is -2.12. The first-order chi connectivity index (χ1) is 14.3. The van der Waals surface area contributed by atoms with E-state index in [9.17, 15) is 12.8 Å². The number of benzene rings is 3.